The standard InChI is InChI=1S/C8H15NO3.C5H11NO.C3H5NO.C3H4O2.2Na/c1-3-6(7(9)10)4-5(2)8(11)12;1-3-4(2)5(6)7;2*1-2-3(4)5;;/h5-6H,3-4H2,1-2H3,(H2,9,10)(H,11,12);4H,3H2,1-2H3,(H2,6,7);2H,1H2,(H2,4,5);2H,1H2,(H,4,5);;/q;;;;2*+1/p-2. The molecule has 0 aromatic heterocycles. The van der Waals surface area contributed by atoms with Crippen LogP contribution in [0.25, 0.3) is 0 Å². The summed E-state index contributed by atoms with van der Waals surface area (Å²) in [5, 5.41) is 19.4. The number of carboxylic acid groups (broad SMARTS) is 2. The second-order valence-corrected chi connectivity index (χ2v) is 5.80. The van der Waals surface area contributed by atoms with Crippen molar-refractivity contribution in [3.63, 3.8) is 0 Å². The molecule has 31 heavy (non-hydrogen) atoms. The van der Waals surface area contributed by atoms with E-state index in [1.807, 2.05) is 13.8 Å². The number of hydrogen-bond donors (Lipinski definition) is 3. The molecular weight excluding hydrogens is 428 g/mol. The Morgan fingerprint density at radius 1 is 0.806 bits per heavy atom. The van der Waals surface area contributed by atoms with E-state index >= 15 is 0 Å². The fraction of sp³-hybridized carbons (Fsp3) is 0.526. The van der Waals surface area contributed by atoms with E-state index in [2.05, 4.69) is 18.9 Å². The van der Waals surface area contributed by atoms with E-state index in [1.54, 1.807) is 6.92 Å². The van der Waals surface area contributed by atoms with Gasteiger partial charge < -0.3 is 37.0 Å². The third-order valence-electron chi connectivity index (χ3n) is 3.40. The predicted molar refractivity (Wildman–Crippen MR) is 105 cm³/mol. The van der Waals surface area contributed by atoms with Crippen molar-refractivity contribution in [2.75, 3.05) is 0 Å². The molecule has 0 aliphatic rings. The quantitative estimate of drug-likeness (QED) is 0.223. The van der Waals surface area contributed by atoms with Crippen LogP contribution in [0.5, 0.6) is 0 Å². The summed E-state index contributed by atoms with van der Waals surface area (Å²) in [6.07, 6.45) is 3.47. The van der Waals surface area contributed by atoms with Crippen LogP contribution < -0.4 is 86.5 Å². The Morgan fingerprint density at radius 2 is 1.16 bits per heavy atom. The van der Waals surface area contributed by atoms with Crippen LogP contribution in [0.2, 0.25) is 0 Å². The molecule has 0 rings (SSSR count). The molecule has 0 saturated heterocycles. The van der Waals surface area contributed by atoms with Gasteiger partial charge in [-0.25, -0.2) is 0 Å². The molecule has 0 heterocycles. The van der Waals surface area contributed by atoms with Crippen molar-refractivity contribution in [1.29, 1.82) is 0 Å². The van der Waals surface area contributed by atoms with Gasteiger partial charge in [-0.1, -0.05) is 40.9 Å². The van der Waals surface area contributed by atoms with Crippen LogP contribution in [0.3, 0.4) is 0 Å². The fourth-order valence-electron chi connectivity index (χ4n) is 1.21. The van der Waals surface area contributed by atoms with Gasteiger partial charge in [0.25, 0.3) is 0 Å². The Hall–Kier alpha value is -1.17. The maximum absolute atomic E-state index is 10.7. The predicted octanol–water partition coefficient (Wildman–Crippen LogP) is -7.62. The number of carboxylic acids is 2. The molecule has 0 radical (unpaired) electrons. The molecule has 3 amide bonds. The zero-order valence-electron chi connectivity index (χ0n) is 19.5. The van der Waals surface area contributed by atoms with Gasteiger partial charge in [-0.2, -0.15) is 0 Å². The van der Waals surface area contributed by atoms with Crippen LogP contribution in [0, 0.1) is 17.8 Å². The number of hydrogen-bond acceptors (Lipinski definition) is 7. The van der Waals surface area contributed by atoms with E-state index in [4.69, 9.17) is 21.4 Å². The van der Waals surface area contributed by atoms with E-state index in [-0.39, 0.29) is 83.3 Å². The van der Waals surface area contributed by atoms with E-state index in [1.165, 1.54) is 6.92 Å². The number of carbonyl (C=O) groups excluding carboxylic acids is 5. The molecule has 0 bridgehead atoms. The number of primary amides is 3. The van der Waals surface area contributed by atoms with E-state index < -0.39 is 29.7 Å². The van der Waals surface area contributed by atoms with Gasteiger partial charge in [0.2, 0.25) is 17.7 Å². The summed E-state index contributed by atoms with van der Waals surface area (Å²) in [4.78, 5) is 49.8. The van der Waals surface area contributed by atoms with Crippen molar-refractivity contribution in [3.05, 3.63) is 25.3 Å². The summed E-state index contributed by atoms with van der Waals surface area (Å²) in [6, 6.07) is 0. The first-order valence-corrected chi connectivity index (χ1v) is 8.76. The van der Waals surface area contributed by atoms with Crippen LogP contribution in [0.1, 0.15) is 47.0 Å². The third-order valence-corrected chi connectivity index (χ3v) is 3.40. The van der Waals surface area contributed by atoms with E-state index in [9.17, 15) is 24.3 Å². The molecule has 3 atom stereocenters. The minimum absolute atomic E-state index is 0. The van der Waals surface area contributed by atoms with Crippen molar-refractivity contribution >= 4 is 29.7 Å². The molecule has 0 aliphatic carbocycles. The largest absolute Gasteiger partial charge is 1.00 e. The minimum atomic E-state index is -1.23. The second-order valence-electron chi connectivity index (χ2n) is 5.80. The first-order valence-electron chi connectivity index (χ1n) is 8.76. The van der Waals surface area contributed by atoms with Gasteiger partial charge >= 0.3 is 59.1 Å². The van der Waals surface area contributed by atoms with Crippen LogP contribution in [0.15, 0.2) is 25.3 Å². The Morgan fingerprint density at radius 3 is 1.26 bits per heavy atom. The maximum atomic E-state index is 10.7. The SMILES string of the molecule is C=CC(=O)[O-].C=CC(N)=O.CCC(C)C(N)=O.CCC(CC(C)C(=O)[O-])C(N)=O.[Na+].[Na+]. The molecule has 10 nitrogen and oxygen atoms in total. The Kier molecular flexibility index (Phi) is 40.6. The summed E-state index contributed by atoms with van der Waals surface area (Å²) in [7, 11) is 0. The Bertz CT molecular complexity index is 541. The smallest absolute Gasteiger partial charge is 0.550 e. The van der Waals surface area contributed by atoms with Gasteiger partial charge in [0.15, 0.2) is 0 Å². The normalized spacial score (nSPS) is 11.0. The van der Waals surface area contributed by atoms with Crippen molar-refractivity contribution in [2.24, 2.45) is 35.0 Å². The van der Waals surface area contributed by atoms with Gasteiger partial charge in [0, 0.05) is 17.8 Å². The first-order chi connectivity index (χ1) is 13.2. The van der Waals surface area contributed by atoms with E-state index in [0.717, 1.165) is 18.6 Å². The molecule has 168 valence electrons. The maximum Gasteiger partial charge on any atom is 1.00 e. The molecule has 0 fully saturated rings. The summed E-state index contributed by atoms with van der Waals surface area (Å²) >= 11 is 0. The number of nitrogens with two attached hydrogens (primary N) is 3. The number of rotatable bonds is 9. The molecule has 12 heteroatoms. The molecular formula is C19H33N3Na2O7. The monoisotopic (exact) mass is 461 g/mol. The molecule has 6 N–H and O–H groups in total. The Labute approximate surface area is 228 Å². The van der Waals surface area contributed by atoms with Crippen molar-refractivity contribution < 1.29 is 93.3 Å². The van der Waals surface area contributed by atoms with Crippen LogP contribution in [-0.2, 0) is 24.0 Å². The average molecular weight is 461 g/mol. The third kappa shape index (κ3) is 39.8. The molecule has 0 saturated carbocycles. The molecule has 3 unspecified atom stereocenters. The number of amides is 3. The van der Waals surface area contributed by atoms with Gasteiger partial charge in [0.05, 0.1) is 5.97 Å². The van der Waals surface area contributed by atoms with Crippen LogP contribution >= 0.6 is 0 Å². The van der Waals surface area contributed by atoms with Gasteiger partial charge in [-0.3, -0.25) is 14.4 Å². The molecule has 0 aliphatic heterocycles. The van der Waals surface area contributed by atoms with Gasteiger partial charge in [-0.15, -0.1) is 0 Å². The second kappa shape index (κ2) is 28.8. The number of carbonyl (C=O) groups is 5. The van der Waals surface area contributed by atoms with Gasteiger partial charge in [0.1, 0.15) is 0 Å². The topological polar surface area (TPSA) is 210 Å². The zero-order chi connectivity index (χ0) is 24.2. The average Bonchev–Trinajstić information content (AvgIpc) is 2.65. The van der Waals surface area contributed by atoms with Crippen LogP contribution in [0.4, 0.5) is 0 Å². The van der Waals surface area contributed by atoms with Crippen molar-refractivity contribution in [1.82, 2.24) is 0 Å². The van der Waals surface area contributed by atoms with Gasteiger partial charge in [-0.05, 0) is 37.3 Å². The summed E-state index contributed by atoms with van der Waals surface area (Å²) in [5.41, 5.74) is 14.5. The van der Waals surface area contributed by atoms with Crippen LogP contribution in [-0.4, -0.2) is 29.7 Å². The molecule has 0 spiro atoms. The molecule has 0 aromatic rings. The summed E-state index contributed by atoms with van der Waals surface area (Å²) < 4.78 is 0. The zero-order valence-corrected chi connectivity index (χ0v) is 23.5. The fourth-order valence-corrected chi connectivity index (χ4v) is 1.21. The van der Waals surface area contributed by atoms with E-state index in [0.29, 0.717) is 6.42 Å². The summed E-state index contributed by atoms with van der Waals surface area (Å²) in [6.45, 7) is 13.1. The number of aliphatic carboxylic acids is 2. The summed E-state index contributed by atoms with van der Waals surface area (Å²) in [5.74, 6) is -4.40. The molecule has 0 aromatic carbocycles. The van der Waals surface area contributed by atoms with Crippen molar-refractivity contribution in [3.8, 4) is 0 Å². The minimum Gasteiger partial charge on any atom is -0.550 e. The Balaban J connectivity index is -0.0000000710. The first kappa shape index (κ1) is 43.7. The van der Waals surface area contributed by atoms with Crippen molar-refractivity contribution in [2.45, 2.75) is 47.0 Å².